The van der Waals surface area contributed by atoms with Crippen LogP contribution in [0, 0.1) is 5.92 Å². The molecular weight excluding hydrogens is 278 g/mol. The van der Waals surface area contributed by atoms with Crippen LogP contribution in [-0.2, 0) is 16.4 Å². The normalized spacial score (nSPS) is 21.5. The Morgan fingerprint density at radius 1 is 1.40 bits per heavy atom. The van der Waals surface area contributed by atoms with Gasteiger partial charge in [0.15, 0.2) is 5.82 Å². The fourth-order valence-electron chi connectivity index (χ4n) is 2.50. The van der Waals surface area contributed by atoms with Crippen LogP contribution in [0.5, 0.6) is 0 Å². The Labute approximate surface area is 120 Å². The molecule has 1 aromatic heterocycles. The zero-order valence-electron chi connectivity index (χ0n) is 12.4. The first-order valence-electron chi connectivity index (χ1n) is 7.26. The van der Waals surface area contributed by atoms with E-state index in [4.69, 9.17) is 4.52 Å². The van der Waals surface area contributed by atoms with Crippen LogP contribution < -0.4 is 0 Å². The van der Waals surface area contributed by atoms with Gasteiger partial charge in [-0.2, -0.15) is 9.29 Å². The predicted octanol–water partition coefficient (Wildman–Crippen LogP) is 2.14. The second-order valence-corrected chi connectivity index (χ2v) is 7.88. The lowest BCUT2D eigenvalue weighted by Gasteiger charge is -2.31. The lowest BCUT2D eigenvalue weighted by Crippen LogP contribution is -2.39. The SMILES string of the molecule is CCS(=O)(=O)N1CCCC[C@H]1c1nc(CC(C)C)no1. The van der Waals surface area contributed by atoms with Crippen LogP contribution in [0.15, 0.2) is 4.52 Å². The first-order chi connectivity index (χ1) is 9.44. The Kier molecular flexibility index (Phi) is 4.80. The molecule has 1 atom stereocenters. The summed E-state index contributed by atoms with van der Waals surface area (Å²) in [5.41, 5.74) is 0. The minimum atomic E-state index is -3.23. The maximum absolute atomic E-state index is 12.2. The Morgan fingerprint density at radius 3 is 2.80 bits per heavy atom. The summed E-state index contributed by atoms with van der Waals surface area (Å²) < 4.78 is 31.2. The molecule has 0 saturated carbocycles. The summed E-state index contributed by atoms with van der Waals surface area (Å²) in [5, 5.41) is 3.97. The summed E-state index contributed by atoms with van der Waals surface area (Å²) in [6.45, 7) is 6.39. The molecule has 0 spiro atoms. The van der Waals surface area contributed by atoms with Crippen LogP contribution in [0.2, 0.25) is 0 Å². The van der Waals surface area contributed by atoms with E-state index < -0.39 is 10.0 Å². The highest BCUT2D eigenvalue weighted by Crippen LogP contribution is 2.32. The fraction of sp³-hybridized carbons (Fsp3) is 0.846. The van der Waals surface area contributed by atoms with Crippen molar-refractivity contribution in [1.82, 2.24) is 14.4 Å². The molecule has 1 aliphatic heterocycles. The Bertz CT molecular complexity index is 539. The standard InChI is InChI=1S/C13H23N3O3S/c1-4-20(17,18)16-8-6-5-7-11(16)13-14-12(15-19-13)9-10(2)3/h10-11H,4-9H2,1-3H3/t11-/m0/s1. The van der Waals surface area contributed by atoms with Crippen molar-refractivity contribution < 1.29 is 12.9 Å². The van der Waals surface area contributed by atoms with Crippen LogP contribution in [0.25, 0.3) is 0 Å². The van der Waals surface area contributed by atoms with E-state index in [1.54, 1.807) is 6.92 Å². The van der Waals surface area contributed by atoms with Crippen LogP contribution in [0.3, 0.4) is 0 Å². The van der Waals surface area contributed by atoms with Gasteiger partial charge in [-0.15, -0.1) is 0 Å². The summed E-state index contributed by atoms with van der Waals surface area (Å²) in [6.07, 6.45) is 3.38. The summed E-state index contributed by atoms with van der Waals surface area (Å²) in [5.74, 6) is 1.66. The third kappa shape index (κ3) is 3.38. The molecule has 2 rings (SSSR count). The zero-order valence-corrected chi connectivity index (χ0v) is 13.2. The second kappa shape index (κ2) is 6.22. The van der Waals surface area contributed by atoms with Crippen molar-refractivity contribution in [2.24, 2.45) is 5.92 Å². The van der Waals surface area contributed by atoms with E-state index in [-0.39, 0.29) is 11.8 Å². The molecule has 0 amide bonds. The molecule has 1 fully saturated rings. The average molecular weight is 301 g/mol. The third-order valence-corrected chi connectivity index (χ3v) is 5.42. The van der Waals surface area contributed by atoms with Gasteiger partial charge in [0.25, 0.3) is 0 Å². The smallest absolute Gasteiger partial charge is 0.245 e. The zero-order chi connectivity index (χ0) is 14.8. The van der Waals surface area contributed by atoms with Gasteiger partial charge in [-0.3, -0.25) is 0 Å². The van der Waals surface area contributed by atoms with Crippen molar-refractivity contribution in [3.63, 3.8) is 0 Å². The highest BCUT2D eigenvalue weighted by Gasteiger charge is 2.35. The van der Waals surface area contributed by atoms with Gasteiger partial charge in [0.2, 0.25) is 15.9 Å². The lowest BCUT2D eigenvalue weighted by molar-refractivity contribution is 0.204. The summed E-state index contributed by atoms with van der Waals surface area (Å²) in [4.78, 5) is 4.39. The number of rotatable bonds is 5. The van der Waals surface area contributed by atoms with E-state index in [1.165, 1.54) is 4.31 Å². The molecule has 20 heavy (non-hydrogen) atoms. The largest absolute Gasteiger partial charge is 0.338 e. The number of sulfonamides is 1. The number of piperidine rings is 1. The number of hydrogen-bond donors (Lipinski definition) is 0. The highest BCUT2D eigenvalue weighted by molar-refractivity contribution is 7.89. The lowest BCUT2D eigenvalue weighted by atomic mass is 10.1. The molecule has 1 aromatic rings. The molecule has 114 valence electrons. The molecule has 0 radical (unpaired) electrons. The molecule has 6 nitrogen and oxygen atoms in total. The molecule has 2 heterocycles. The van der Waals surface area contributed by atoms with Crippen LogP contribution in [-0.4, -0.2) is 35.2 Å². The maximum atomic E-state index is 12.2. The van der Waals surface area contributed by atoms with Crippen LogP contribution in [0.4, 0.5) is 0 Å². The van der Waals surface area contributed by atoms with E-state index in [9.17, 15) is 8.42 Å². The van der Waals surface area contributed by atoms with Crippen molar-refractivity contribution in [3.05, 3.63) is 11.7 Å². The quantitative estimate of drug-likeness (QED) is 0.833. The van der Waals surface area contributed by atoms with E-state index in [2.05, 4.69) is 24.0 Å². The van der Waals surface area contributed by atoms with Crippen LogP contribution in [0.1, 0.15) is 57.8 Å². The first-order valence-corrected chi connectivity index (χ1v) is 8.87. The Morgan fingerprint density at radius 2 is 2.15 bits per heavy atom. The molecule has 0 unspecified atom stereocenters. The second-order valence-electron chi connectivity index (χ2n) is 5.67. The summed E-state index contributed by atoms with van der Waals surface area (Å²) in [7, 11) is -3.23. The van der Waals surface area contributed by atoms with Crippen molar-refractivity contribution in [3.8, 4) is 0 Å². The van der Waals surface area contributed by atoms with Gasteiger partial charge in [0.1, 0.15) is 6.04 Å². The van der Waals surface area contributed by atoms with Crippen molar-refractivity contribution >= 4 is 10.0 Å². The van der Waals surface area contributed by atoms with E-state index in [1.807, 2.05) is 0 Å². The average Bonchev–Trinajstić information content (AvgIpc) is 2.86. The maximum Gasteiger partial charge on any atom is 0.245 e. The summed E-state index contributed by atoms with van der Waals surface area (Å²) in [6, 6.07) is -0.290. The highest BCUT2D eigenvalue weighted by atomic mass is 32.2. The molecule has 1 aliphatic rings. The molecule has 0 bridgehead atoms. The van der Waals surface area contributed by atoms with Gasteiger partial charge < -0.3 is 4.52 Å². The van der Waals surface area contributed by atoms with Crippen molar-refractivity contribution in [2.45, 2.75) is 52.5 Å². The van der Waals surface area contributed by atoms with Gasteiger partial charge in [0, 0.05) is 13.0 Å². The molecule has 1 saturated heterocycles. The van der Waals surface area contributed by atoms with Crippen molar-refractivity contribution in [1.29, 1.82) is 0 Å². The first kappa shape index (κ1) is 15.4. The van der Waals surface area contributed by atoms with Gasteiger partial charge in [-0.25, -0.2) is 8.42 Å². The number of nitrogens with zero attached hydrogens (tertiary/aromatic N) is 3. The van der Waals surface area contributed by atoms with Gasteiger partial charge >= 0.3 is 0 Å². The molecule has 0 N–H and O–H groups in total. The van der Waals surface area contributed by atoms with Crippen LogP contribution >= 0.6 is 0 Å². The van der Waals surface area contributed by atoms with Gasteiger partial charge in [0.05, 0.1) is 5.75 Å². The minimum Gasteiger partial charge on any atom is -0.338 e. The van der Waals surface area contributed by atoms with E-state index in [0.29, 0.717) is 24.2 Å². The third-order valence-electron chi connectivity index (χ3n) is 3.54. The predicted molar refractivity (Wildman–Crippen MR) is 75.6 cm³/mol. The van der Waals surface area contributed by atoms with Gasteiger partial charge in [-0.1, -0.05) is 25.4 Å². The Hall–Kier alpha value is -0.950. The minimum absolute atomic E-state index is 0.108. The fourth-order valence-corrected chi connectivity index (χ4v) is 3.82. The number of hydrogen-bond acceptors (Lipinski definition) is 5. The molecule has 0 aromatic carbocycles. The monoisotopic (exact) mass is 301 g/mol. The number of aromatic nitrogens is 2. The molecule has 0 aliphatic carbocycles. The van der Waals surface area contributed by atoms with E-state index in [0.717, 1.165) is 25.7 Å². The molecule has 7 heteroatoms. The van der Waals surface area contributed by atoms with E-state index >= 15 is 0 Å². The van der Waals surface area contributed by atoms with Gasteiger partial charge in [-0.05, 0) is 25.7 Å². The Balaban J connectivity index is 2.22. The van der Waals surface area contributed by atoms with Crippen molar-refractivity contribution in [2.75, 3.05) is 12.3 Å². The molecular formula is C13H23N3O3S. The summed E-state index contributed by atoms with van der Waals surface area (Å²) >= 11 is 0. The topological polar surface area (TPSA) is 76.3 Å².